The number of halogens is 1. The highest BCUT2D eigenvalue weighted by Crippen LogP contribution is 2.39. The minimum atomic E-state index is -1.96. The van der Waals surface area contributed by atoms with Crippen molar-refractivity contribution in [1.82, 2.24) is 0 Å². The Kier molecular flexibility index (Phi) is 5.87. The molecule has 0 unspecified atom stereocenters. The van der Waals surface area contributed by atoms with E-state index in [-0.39, 0.29) is 28.1 Å². The number of piperidine rings is 1. The molecule has 8 heteroatoms. The van der Waals surface area contributed by atoms with Crippen molar-refractivity contribution >= 4 is 26.0 Å². The molecule has 6 nitrogen and oxygen atoms in total. The summed E-state index contributed by atoms with van der Waals surface area (Å²) in [5, 5.41) is 11.5. The molecule has 1 fully saturated rings. The van der Waals surface area contributed by atoms with Gasteiger partial charge in [0.05, 0.1) is 16.6 Å². The second kappa shape index (κ2) is 7.44. The number of nitro benzene ring substituents is 1. The highest BCUT2D eigenvalue weighted by molar-refractivity contribution is 6.74. The lowest BCUT2D eigenvalue weighted by molar-refractivity contribution is -0.384. The van der Waals surface area contributed by atoms with Gasteiger partial charge >= 0.3 is 0 Å². The number of rotatable bonds is 5. The molecule has 0 bridgehead atoms. The van der Waals surface area contributed by atoms with E-state index in [1.165, 1.54) is 0 Å². The first-order valence-electron chi connectivity index (χ1n) is 8.82. The van der Waals surface area contributed by atoms with Gasteiger partial charge in [-0.05, 0) is 31.0 Å². The number of benzene rings is 1. The lowest BCUT2D eigenvalue weighted by Crippen LogP contribution is -2.49. The van der Waals surface area contributed by atoms with Crippen LogP contribution in [0.25, 0.3) is 0 Å². The van der Waals surface area contributed by atoms with Gasteiger partial charge in [0.25, 0.3) is 5.69 Å². The number of aldehydes is 1. The van der Waals surface area contributed by atoms with Crippen molar-refractivity contribution in [2.24, 2.45) is 0 Å². The first-order valence-corrected chi connectivity index (χ1v) is 11.7. The standard InChI is InChI=1S/C18H27FN2O4Si/c1-18(2,3)26(4,5)25-14-7-6-8-20(11-14)16-10-15(19)13(12-22)9-17(16)21(23)24/h9-10,12,14H,6-8,11H2,1-5H3/t14-/m1/s1. The zero-order valence-corrected chi connectivity index (χ0v) is 17.0. The molecule has 0 N–H and O–H groups in total. The van der Waals surface area contributed by atoms with Crippen molar-refractivity contribution in [2.45, 2.75) is 57.8 Å². The molecule has 26 heavy (non-hydrogen) atoms. The fraction of sp³-hybridized carbons (Fsp3) is 0.611. The van der Waals surface area contributed by atoms with Gasteiger partial charge in [0.1, 0.15) is 11.5 Å². The normalized spacial score (nSPS) is 18.7. The Balaban J connectivity index is 2.28. The van der Waals surface area contributed by atoms with Crippen LogP contribution < -0.4 is 4.90 Å². The third-order valence-electron chi connectivity index (χ3n) is 5.40. The number of hydrogen-bond donors (Lipinski definition) is 0. The van der Waals surface area contributed by atoms with E-state index in [0.717, 1.165) is 25.0 Å². The van der Waals surface area contributed by atoms with E-state index >= 15 is 0 Å². The lowest BCUT2D eigenvalue weighted by atomic mass is 10.1. The summed E-state index contributed by atoms with van der Waals surface area (Å²) in [4.78, 5) is 23.5. The summed E-state index contributed by atoms with van der Waals surface area (Å²) < 4.78 is 20.5. The number of nitrogens with zero attached hydrogens (tertiary/aromatic N) is 2. The minimum absolute atomic E-state index is 0.0435. The maximum absolute atomic E-state index is 14.1. The number of nitro groups is 1. The Labute approximate surface area is 154 Å². The van der Waals surface area contributed by atoms with Gasteiger partial charge in [0.15, 0.2) is 14.6 Å². The SMILES string of the molecule is CC(C)(C)[Si](C)(C)O[C@@H]1CCCN(c2cc(F)c(C=O)cc2[N+](=O)[O-])C1. The molecular weight excluding hydrogens is 355 g/mol. The van der Waals surface area contributed by atoms with Crippen LogP contribution in [0.1, 0.15) is 44.0 Å². The second-order valence-electron chi connectivity index (χ2n) is 8.33. The third-order valence-corrected chi connectivity index (χ3v) is 9.94. The molecule has 0 spiro atoms. The summed E-state index contributed by atoms with van der Waals surface area (Å²) in [6.07, 6.45) is 1.95. The summed E-state index contributed by atoms with van der Waals surface area (Å²) >= 11 is 0. The molecule has 1 aliphatic rings. The Morgan fingerprint density at radius 1 is 1.38 bits per heavy atom. The van der Waals surface area contributed by atoms with Crippen molar-refractivity contribution < 1.29 is 18.5 Å². The van der Waals surface area contributed by atoms with Gasteiger partial charge in [-0.3, -0.25) is 14.9 Å². The van der Waals surface area contributed by atoms with E-state index in [0.29, 0.717) is 19.4 Å². The predicted molar refractivity (Wildman–Crippen MR) is 102 cm³/mol. The minimum Gasteiger partial charge on any atom is -0.412 e. The molecule has 0 aliphatic carbocycles. The number of anilines is 1. The average Bonchev–Trinajstić information content (AvgIpc) is 2.53. The average molecular weight is 383 g/mol. The molecule has 144 valence electrons. The van der Waals surface area contributed by atoms with Crippen LogP contribution in [0.2, 0.25) is 18.1 Å². The van der Waals surface area contributed by atoms with Crippen LogP contribution in [0.4, 0.5) is 15.8 Å². The maximum atomic E-state index is 14.1. The first kappa shape index (κ1) is 20.5. The second-order valence-corrected chi connectivity index (χ2v) is 13.1. The molecule has 1 atom stereocenters. The fourth-order valence-electron chi connectivity index (χ4n) is 2.90. The predicted octanol–water partition coefficient (Wildman–Crippen LogP) is 4.54. The van der Waals surface area contributed by atoms with Crippen LogP contribution in [0.15, 0.2) is 12.1 Å². The van der Waals surface area contributed by atoms with Crippen molar-refractivity contribution in [1.29, 1.82) is 0 Å². The lowest BCUT2D eigenvalue weighted by Gasteiger charge is -2.42. The van der Waals surface area contributed by atoms with Gasteiger partial charge in [0.2, 0.25) is 0 Å². The van der Waals surface area contributed by atoms with Gasteiger partial charge in [-0.1, -0.05) is 20.8 Å². The quantitative estimate of drug-likeness (QED) is 0.324. The van der Waals surface area contributed by atoms with Gasteiger partial charge in [-0.15, -0.1) is 0 Å². The number of hydrogen-bond acceptors (Lipinski definition) is 5. The van der Waals surface area contributed by atoms with E-state index in [2.05, 4.69) is 33.9 Å². The molecule has 0 saturated carbocycles. The third kappa shape index (κ3) is 4.29. The maximum Gasteiger partial charge on any atom is 0.293 e. The summed E-state index contributed by atoms with van der Waals surface area (Å²) in [5.41, 5.74) is -0.338. The fourth-order valence-corrected chi connectivity index (χ4v) is 4.28. The smallest absolute Gasteiger partial charge is 0.293 e. The summed E-state index contributed by atoms with van der Waals surface area (Å²) in [6, 6.07) is 2.10. The first-order chi connectivity index (χ1) is 12.0. The summed E-state index contributed by atoms with van der Waals surface area (Å²) in [5.74, 6) is -0.743. The van der Waals surface area contributed by atoms with E-state index < -0.39 is 19.1 Å². The largest absolute Gasteiger partial charge is 0.412 e. The molecule has 1 aliphatic heterocycles. The van der Waals surface area contributed by atoms with E-state index in [1.54, 1.807) is 4.90 Å². The molecule has 0 aromatic heterocycles. The topological polar surface area (TPSA) is 72.7 Å². The number of carbonyl (C=O) groups is 1. The highest BCUT2D eigenvalue weighted by Gasteiger charge is 2.40. The Hall–Kier alpha value is -1.80. The van der Waals surface area contributed by atoms with Gasteiger partial charge < -0.3 is 9.33 Å². The van der Waals surface area contributed by atoms with Crippen molar-refractivity contribution in [2.75, 3.05) is 18.0 Å². The van der Waals surface area contributed by atoms with Gasteiger partial charge in [-0.2, -0.15) is 0 Å². The Morgan fingerprint density at radius 3 is 2.58 bits per heavy atom. The highest BCUT2D eigenvalue weighted by atomic mass is 28.4. The molecule has 0 amide bonds. The van der Waals surface area contributed by atoms with Crippen LogP contribution in [-0.2, 0) is 4.43 Å². The summed E-state index contributed by atoms with van der Waals surface area (Å²) in [7, 11) is -1.96. The van der Waals surface area contributed by atoms with Crippen LogP contribution in [0.3, 0.4) is 0 Å². The van der Waals surface area contributed by atoms with Crippen molar-refractivity contribution in [3.8, 4) is 0 Å². The van der Waals surface area contributed by atoms with Crippen molar-refractivity contribution in [3.63, 3.8) is 0 Å². The van der Waals surface area contributed by atoms with Crippen molar-refractivity contribution in [3.05, 3.63) is 33.6 Å². The Bertz CT molecular complexity index is 703. The van der Waals surface area contributed by atoms with E-state index in [4.69, 9.17) is 4.43 Å². The molecule has 1 aromatic rings. The zero-order chi connectivity index (χ0) is 19.7. The Morgan fingerprint density at radius 2 is 2.04 bits per heavy atom. The van der Waals surface area contributed by atoms with E-state index in [9.17, 15) is 19.3 Å². The van der Waals surface area contributed by atoms with E-state index in [1.807, 2.05) is 0 Å². The molecule has 1 aromatic carbocycles. The van der Waals surface area contributed by atoms with Gasteiger partial charge in [-0.25, -0.2) is 4.39 Å². The molecule has 2 rings (SSSR count). The summed E-state index contributed by atoms with van der Waals surface area (Å²) in [6.45, 7) is 11.9. The molecular formula is C18H27FN2O4Si. The van der Waals surface area contributed by atoms with Gasteiger partial charge in [0, 0.05) is 25.2 Å². The van der Waals surface area contributed by atoms with Crippen LogP contribution in [-0.4, -0.2) is 38.7 Å². The zero-order valence-electron chi connectivity index (χ0n) is 16.0. The van der Waals surface area contributed by atoms with Crippen LogP contribution in [0, 0.1) is 15.9 Å². The van der Waals surface area contributed by atoms with Crippen LogP contribution in [0.5, 0.6) is 0 Å². The number of carbonyl (C=O) groups excluding carboxylic acids is 1. The van der Waals surface area contributed by atoms with Crippen LogP contribution >= 0.6 is 0 Å². The molecule has 0 radical (unpaired) electrons. The molecule has 1 heterocycles. The molecule has 1 saturated heterocycles. The monoisotopic (exact) mass is 382 g/mol.